The molecule has 1 unspecified atom stereocenters. The van der Waals surface area contributed by atoms with E-state index in [0.717, 1.165) is 11.3 Å². The van der Waals surface area contributed by atoms with Crippen molar-refractivity contribution in [2.24, 2.45) is 0 Å². The first-order chi connectivity index (χ1) is 17.7. The maximum atomic E-state index is 13.4. The molecule has 188 valence electrons. The highest BCUT2D eigenvalue weighted by Gasteiger charge is 2.49. The van der Waals surface area contributed by atoms with Gasteiger partial charge in [-0.1, -0.05) is 29.5 Å². The van der Waals surface area contributed by atoms with Gasteiger partial charge in [0.25, 0.3) is 5.78 Å². The number of fused-ring (bicyclic) bond motifs is 1. The van der Waals surface area contributed by atoms with Gasteiger partial charge in [0.15, 0.2) is 10.9 Å². The number of aryl methyl sites for hydroxylation is 2. The van der Waals surface area contributed by atoms with E-state index < -0.39 is 29.5 Å². The van der Waals surface area contributed by atoms with E-state index in [0.29, 0.717) is 22.6 Å². The van der Waals surface area contributed by atoms with Crippen molar-refractivity contribution in [3.63, 3.8) is 0 Å². The number of aromatic nitrogens is 3. The Morgan fingerprint density at radius 1 is 1.08 bits per heavy atom. The first-order valence-corrected chi connectivity index (χ1v) is 12.2. The van der Waals surface area contributed by atoms with Crippen molar-refractivity contribution in [2.45, 2.75) is 26.8 Å². The summed E-state index contributed by atoms with van der Waals surface area (Å²) in [6.45, 7) is 5.16. The second-order valence-corrected chi connectivity index (χ2v) is 9.34. The highest BCUT2D eigenvalue weighted by Crippen LogP contribution is 2.44. The second kappa shape index (κ2) is 9.17. The quantitative estimate of drug-likeness (QED) is 0.176. The second-order valence-electron chi connectivity index (χ2n) is 8.37. The fourth-order valence-corrected chi connectivity index (χ4v) is 5.39. The third-order valence-corrected chi connectivity index (χ3v) is 7.17. The lowest BCUT2D eigenvalue weighted by Gasteiger charge is -2.23. The van der Waals surface area contributed by atoms with Crippen LogP contribution in [0.15, 0.2) is 54.2 Å². The minimum atomic E-state index is -1.07. The van der Waals surface area contributed by atoms with Gasteiger partial charge in [-0.25, -0.2) is 14.8 Å². The number of carbonyl (C=O) groups is 3. The summed E-state index contributed by atoms with van der Waals surface area (Å²) in [6, 6.07) is 10.2. The number of Topliss-reactive ketones (excluding diaryl/α,β-unsaturated/α-hetero) is 1. The lowest BCUT2D eigenvalue weighted by Crippen LogP contribution is -2.29. The molecule has 11 heteroatoms. The Kier molecular flexibility index (Phi) is 6.00. The van der Waals surface area contributed by atoms with Gasteiger partial charge in [-0.05, 0) is 50.6 Å². The minimum absolute atomic E-state index is 0.00646. The topological polar surface area (TPSA) is 134 Å². The number of nitrogens with zero attached hydrogens (tertiary/aromatic N) is 4. The number of rotatable bonds is 5. The highest BCUT2D eigenvalue weighted by atomic mass is 32.1. The molecule has 1 atom stereocenters. The van der Waals surface area contributed by atoms with Crippen molar-refractivity contribution in [2.75, 3.05) is 11.5 Å². The van der Waals surface area contributed by atoms with E-state index >= 15 is 0 Å². The zero-order chi connectivity index (χ0) is 26.4. The molecule has 1 aliphatic rings. The van der Waals surface area contributed by atoms with Crippen LogP contribution in [0.5, 0.6) is 5.75 Å². The van der Waals surface area contributed by atoms with Crippen molar-refractivity contribution in [1.29, 1.82) is 0 Å². The van der Waals surface area contributed by atoms with Crippen LogP contribution in [0.3, 0.4) is 0 Å². The number of thiazole rings is 1. The van der Waals surface area contributed by atoms with Crippen LogP contribution in [-0.2, 0) is 14.3 Å². The molecule has 4 heterocycles. The molecule has 0 saturated carbocycles. The number of ether oxygens (including phenoxy) is 1. The number of hydrogen-bond acceptors (Lipinski definition) is 9. The Bertz CT molecular complexity index is 1600. The SMILES string of the molecule is CCOC(=O)c1sc(N2C(=O)C(=O)/C(=C(/O)c3c(C)nc4ccccn34)C2c2ccc(O)cc2)nc1C. The van der Waals surface area contributed by atoms with Gasteiger partial charge >= 0.3 is 11.9 Å². The van der Waals surface area contributed by atoms with Crippen LogP contribution in [-0.4, -0.2) is 48.8 Å². The summed E-state index contributed by atoms with van der Waals surface area (Å²) in [7, 11) is 0. The monoisotopic (exact) mass is 518 g/mol. The Balaban J connectivity index is 1.74. The maximum absolute atomic E-state index is 13.4. The zero-order valence-electron chi connectivity index (χ0n) is 20.1. The average Bonchev–Trinajstić information content (AvgIpc) is 3.50. The summed E-state index contributed by atoms with van der Waals surface area (Å²) in [6.07, 6.45) is 1.70. The molecule has 3 aromatic heterocycles. The number of aliphatic hydroxyl groups excluding tert-OH is 1. The first kappa shape index (κ1) is 24.2. The van der Waals surface area contributed by atoms with E-state index in [1.54, 1.807) is 61.7 Å². The lowest BCUT2D eigenvalue weighted by molar-refractivity contribution is -0.132. The molecule has 0 spiro atoms. The number of carbonyl (C=O) groups excluding carboxylic acids is 3. The summed E-state index contributed by atoms with van der Waals surface area (Å²) >= 11 is 0.925. The molecule has 0 bridgehead atoms. The molecule has 0 radical (unpaired) electrons. The molecular weight excluding hydrogens is 496 g/mol. The van der Waals surface area contributed by atoms with Gasteiger partial charge in [0.1, 0.15) is 22.0 Å². The molecule has 1 aromatic carbocycles. The van der Waals surface area contributed by atoms with Crippen molar-refractivity contribution in [1.82, 2.24) is 14.4 Å². The predicted octanol–water partition coefficient (Wildman–Crippen LogP) is 3.92. The molecule has 4 aromatic rings. The van der Waals surface area contributed by atoms with Crippen LogP contribution in [0.2, 0.25) is 0 Å². The Labute approximate surface area is 215 Å². The van der Waals surface area contributed by atoms with Crippen LogP contribution in [0.4, 0.5) is 5.13 Å². The molecule has 0 aliphatic carbocycles. The van der Waals surface area contributed by atoms with Gasteiger partial charge in [-0.3, -0.25) is 18.9 Å². The molecule has 5 rings (SSSR count). The van der Waals surface area contributed by atoms with Crippen LogP contribution in [0.1, 0.15) is 45.3 Å². The van der Waals surface area contributed by atoms with Gasteiger partial charge in [0.05, 0.1) is 29.6 Å². The largest absolute Gasteiger partial charge is 0.508 e. The molecule has 2 N–H and O–H groups in total. The highest BCUT2D eigenvalue weighted by molar-refractivity contribution is 7.17. The van der Waals surface area contributed by atoms with Crippen LogP contribution in [0, 0.1) is 13.8 Å². The molecule has 1 amide bonds. The van der Waals surface area contributed by atoms with Gasteiger partial charge in [0.2, 0.25) is 0 Å². The van der Waals surface area contributed by atoms with Crippen molar-refractivity contribution >= 4 is 45.5 Å². The number of ketones is 1. The normalized spacial score (nSPS) is 17.1. The number of imidazole rings is 1. The molecule has 1 fully saturated rings. The minimum Gasteiger partial charge on any atom is -0.508 e. The average molecular weight is 519 g/mol. The predicted molar refractivity (Wildman–Crippen MR) is 136 cm³/mol. The summed E-state index contributed by atoms with van der Waals surface area (Å²) in [5.74, 6) is -2.80. The van der Waals surface area contributed by atoms with Crippen molar-refractivity contribution < 1.29 is 29.3 Å². The Hall–Kier alpha value is -4.51. The number of anilines is 1. The van der Waals surface area contributed by atoms with E-state index in [1.165, 1.54) is 17.0 Å². The maximum Gasteiger partial charge on any atom is 0.350 e. The van der Waals surface area contributed by atoms with Gasteiger partial charge in [-0.15, -0.1) is 0 Å². The number of phenolic OH excluding ortho intramolecular Hbond substituents is 1. The molecular formula is C26H22N4O6S. The third kappa shape index (κ3) is 3.93. The summed E-state index contributed by atoms with van der Waals surface area (Å²) in [5, 5.41) is 21.5. The number of pyridine rings is 1. The zero-order valence-corrected chi connectivity index (χ0v) is 20.9. The van der Waals surface area contributed by atoms with Crippen LogP contribution < -0.4 is 4.90 Å². The molecule has 10 nitrogen and oxygen atoms in total. The number of amides is 1. The number of phenols is 1. The number of aliphatic hydroxyl groups is 1. The van der Waals surface area contributed by atoms with Gasteiger partial charge < -0.3 is 14.9 Å². The van der Waals surface area contributed by atoms with Crippen LogP contribution in [0.25, 0.3) is 11.4 Å². The van der Waals surface area contributed by atoms with Gasteiger partial charge in [0, 0.05) is 6.20 Å². The molecule has 1 aliphatic heterocycles. The van der Waals surface area contributed by atoms with Crippen molar-refractivity contribution in [3.8, 4) is 5.75 Å². The summed E-state index contributed by atoms with van der Waals surface area (Å²) in [4.78, 5) is 49.5. The first-order valence-electron chi connectivity index (χ1n) is 11.4. The Morgan fingerprint density at radius 2 is 1.81 bits per heavy atom. The van der Waals surface area contributed by atoms with Crippen molar-refractivity contribution in [3.05, 3.63) is 81.8 Å². The number of hydrogen-bond donors (Lipinski definition) is 2. The number of esters is 1. The number of aromatic hydroxyl groups is 1. The standard InChI is InChI=1S/C26H22N4O6S/c1-4-36-25(35)23-14(3)28-26(37-23)30-20(15-8-10-16(31)11-9-15)18(22(33)24(30)34)21(32)19-13(2)27-17-7-5-6-12-29(17)19/h5-12,20,31-32H,4H2,1-3H3/b21-18+. The molecule has 37 heavy (non-hydrogen) atoms. The smallest absolute Gasteiger partial charge is 0.350 e. The molecule has 1 saturated heterocycles. The lowest BCUT2D eigenvalue weighted by atomic mass is 9.96. The summed E-state index contributed by atoms with van der Waals surface area (Å²) < 4.78 is 6.73. The van der Waals surface area contributed by atoms with Gasteiger partial charge in [-0.2, -0.15) is 0 Å². The van der Waals surface area contributed by atoms with Crippen LogP contribution >= 0.6 is 11.3 Å². The fraction of sp³-hybridized carbons (Fsp3) is 0.192. The summed E-state index contributed by atoms with van der Waals surface area (Å²) in [5.41, 5.74) is 1.95. The fourth-order valence-electron chi connectivity index (χ4n) is 4.40. The van der Waals surface area contributed by atoms with E-state index in [1.807, 2.05) is 0 Å². The van der Waals surface area contributed by atoms with E-state index in [9.17, 15) is 24.6 Å². The van der Waals surface area contributed by atoms with E-state index in [4.69, 9.17) is 4.74 Å². The Morgan fingerprint density at radius 3 is 2.51 bits per heavy atom. The van der Waals surface area contributed by atoms with E-state index in [-0.39, 0.29) is 33.6 Å². The number of benzene rings is 1. The third-order valence-electron chi connectivity index (χ3n) is 6.03. The van der Waals surface area contributed by atoms with E-state index in [2.05, 4.69) is 9.97 Å².